The minimum atomic E-state index is -0.132. The molecule has 1 aromatic carbocycles. The highest BCUT2D eigenvalue weighted by molar-refractivity contribution is 6.02. The Hall–Kier alpha value is -2.36. The largest absolute Gasteiger partial charge is 0.323 e. The molecule has 2 rings (SSSR count). The topological polar surface area (TPSA) is 46.9 Å². The van der Waals surface area contributed by atoms with Crippen molar-refractivity contribution in [3.63, 3.8) is 0 Å². The first-order chi connectivity index (χ1) is 10.1. The Morgan fingerprint density at radius 3 is 2.86 bits per heavy atom. The number of nitrogens with zero attached hydrogens (tertiary/aromatic N) is 2. The van der Waals surface area contributed by atoms with Crippen LogP contribution in [0.2, 0.25) is 0 Å². The summed E-state index contributed by atoms with van der Waals surface area (Å²) in [6.07, 6.45) is 6.07. The van der Waals surface area contributed by atoms with Crippen molar-refractivity contribution in [1.82, 2.24) is 9.78 Å². The summed E-state index contributed by atoms with van der Waals surface area (Å²) in [6.45, 7) is 6.96. The first-order valence-corrected chi connectivity index (χ1v) is 7.24. The molecule has 4 nitrogen and oxygen atoms in total. The zero-order valence-electron chi connectivity index (χ0n) is 12.8. The molecule has 0 unspecified atom stereocenters. The fraction of sp³-hybridized carbons (Fsp3) is 0.294. The van der Waals surface area contributed by atoms with E-state index in [2.05, 4.69) is 17.3 Å². The zero-order chi connectivity index (χ0) is 15.2. The van der Waals surface area contributed by atoms with Gasteiger partial charge in [0.2, 0.25) is 5.91 Å². The molecule has 21 heavy (non-hydrogen) atoms. The van der Waals surface area contributed by atoms with Gasteiger partial charge < -0.3 is 5.32 Å². The maximum atomic E-state index is 11.9. The summed E-state index contributed by atoms with van der Waals surface area (Å²) in [7, 11) is 0. The highest BCUT2D eigenvalue weighted by Gasteiger charge is 2.03. The SMILES string of the molecule is CCc1cccc(NC(=O)C=Cc2cnn(CC)c2C)c1. The number of amides is 1. The van der Waals surface area contributed by atoms with Crippen LogP contribution in [0.25, 0.3) is 6.08 Å². The van der Waals surface area contributed by atoms with Crippen LogP contribution in [-0.2, 0) is 17.8 Å². The van der Waals surface area contributed by atoms with E-state index in [0.29, 0.717) is 0 Å². The van der Waals surface area contributed by atoms with Crippen molar-refractivity contribution >= 4 is 17.7 Å². The Balaban J connectivity index is 2.03. The summed E-state index contributed by atoms with van der Waals surface area (Å²) < 4.78 is 1.91. The molecule has 4 heteroatoms. The number of anilines is 1. The van der Waals surface area contributed by atoms with E-state index in [1.54, 1.807) is 18.3 Å². The van der Waals surface area contributed by atoms with Crippen LogP contribution in [0.5, 0.6) is 0 Å². The molecule has 0 bridgehead atoms. The molecule has 0 radical (unpaired) electrons. The minimum absolute atomic E-state index is 0.132. The Morgan fingerprint density at radius 2 is 2.19 bits per heavy atom. The van der Waals surface area contributed by atoms with Gasteiger partial charge in [-0.25, -0.2) is 0 Å². The van der Waals surface area contributed by atoms with Crippen molar-refractivity contribution in [2.75, 3.05) is 5.32 Å². The van der Waals surface area contributed by atoms with Crippen molar-refractivity contribution in [3.05, 3.63) is 53.4 Å². The molecule has 0 atom stereocenters. The molecular formula is C17H21N3O. The smallest absolute Gasteiger partial charge is 0.248 e. The molecule has 110 valence electrons. The van der Waals surface area contributed by atoms with Crippen LogP contribution in [0.4, 0.5) is 5.69 Å². The summed E-state index contributed by atoms with van der Waals surface area (Å²) in [6, 6.07) is 7.89. The van der Waals surface area contributed by atoms with Crippen molar-refractivity contribution in [3.8, 4) is 0 Å². The van der Waals surface area contributed by atoms with Crippen LogP contribution in [0.15, 0.2) is 36.5 Å². The molecule has 2 aromatic rings. The van der Waals surface area contributed by atoms with Gasteiger partial charge in [-0.05, 0) is 44.0 Å². The number of benzene rings is 1. The van der Waals surface area contributed by atoms with Gasteiger partial charge in [-0.15, -0.1) is 0 Å². The molecule has 0 fully saturated rings. The molecule has 1 aromatic heterocycles. The maximum Gasteiger partial charge on any atom is 0.248 e. The van der Waals surface area contributed by atoms with E-state index < -0.39 is 0 Å². The van der Waals surface area contributed by atoms with Gasteiger partial charge in [0.15, 0.2) is 0 Å². The van der Waals surface area contributed by atoms with E-state index in [1.165, 1.54) is 5.56 Å². The first-order valence-electron chi connectivity index (χ1n) is 7.24. The standard InChI is InChI=1S/C17H21N3O/c1-4-14-7-6-8-16(11-14)19-17(21)10-9-15-12-18-20(5-2)13(15)3/h6-12H,4-5H2,1-3H3,(H,19,21). The van der Waals surface area contributed by atoms with E-state index >= 15 is 0 Å². The molecule has 0 spiro atoms. The van der Waals surface area contributed by atoms with Crippen molar-refractivity contribution in [2.45, 2.75) is 33.7 Å². The Bertz CT molecular complexity index is 656. The van der Waals surface area contributed by atoms with Crippen LogP contribution >= 0.6 is 0 Å². The lowest BCUT2D eigenvalue weighted by atomic mass is 10.1. The van der Waals surface area contributed by atoms with E-state index in [1.807, 2.05) is 42.8 Å². The highest BCUT2D eigenvalue weighted by Crippen LogP contribution is 2.12. The zero-order valence-corrected chi connectivity index (χ0v) is 12.8. The van der Waals surface area contributed by atoms with Crippen LogP contribution < -0.4 is 5.32 Å². The van der Waals surface area contributed by atoms with E-state index in [9.17, 15) is 4.79 Å². The summed E-state index contributed by atoms with van der Waals surface area (Å²) in [5.74, 6) is -0.132. The van der Waals surface area contributed by atoms with Gasteiger partial charge >= 0.3 is 0 Å². The Labute approximate surface area is 125 Å². The van der Waals surface area contributed by atoms with Gasteiger partial charge in [0, 0.05) is 29.6 Å². The molecule has 0 saturated heterocycles. The summed E-state index contributed by atoms with van der Waals surface area (Å²) in [5, 5.41) is 7.13. The number of rotatable bonds is 5. The number of nitrogens with one attached hydrogen (secondary N) is 1. The lowest BCUT2D eigenvalue weighted by Gasteiger charge is -2.04. The van der Waals surface area contributed by atoms with Gasteiger partial charge in [0.25, 0.3) is 0 Å². The third-order valence-electron chi connectivity index (χ3n) is 3.46. The molecular weight excluding hydrogens is 262 g/mol. The molecule has 0 aliphatic rings. The number of carbonyl (C=O) groups is 1. The van der Waals surface area contributed by atoms with Gasteiger partial charge in [0.1, 0.15) is 0 Å². The number of hydrogen-bond acceptors (Lipinski definition) is 2. The Morgan fingerprint density at radius 1 is 1.38 bits per heavy atom. The van der Waals surface area contributed by atoms with E-state index in [4.69, 9.17) is 0 Å². The minimum Gasteiger partial charge on any atom is -0.323 e. The number of hydrogen-bond donors (Lipinski definition) is 1. The number of aromatic nitrogens is 2. The predicted octanol–water partition coefficient (Wildman–Crippen LogP) is 3.43. The predicted molar refractivity (Wildman–Crippen MR) is 86.1 cm³/mol. The molecule has 1 heterocycles. The second-order valence-corrected chi connectivity index (χ2v) is 4.88. The molecule has 0 aliphatic heterocycles. The highest BCUT2D eigenvalue weighted by atomic mass is 16.1. The van der Waals surface area contributed by atoms with Crippen molar-refractivity contribution < 1.29 is 4.79 Å². The Kier molecular flexibility index (Phi) is 4.93. The molecule has 1 amide bonds. The normalized spacial score (nSPS) is 11.0. The molecule has 0 saturated carbocycles. The maximum absolute atomic E-state index is 11.9. The van der Waals surface area contributed by atoms with Crippen LogP contribution in [0.3, 0.4) is 0 Å². The third-order valence-corrected chi connectivity index (χ3v) is 3.46. The fourth-order valence-corrected chi connectivity index (χ4v) is 2.16. The van der Waals surface area contributed by atoms with Gasteiger partial charge in [0.05, 0.1) is 6.20 Å². The quantitative estimate of drug-likeness (QED) is 0.855. The number of aryl methyl sites for hydroxylation is 2. The first kappa shape index (κ1) is 15.0. The summed E-state index contributed by atoms with van der Waals surface area (Å²) in [5.41, 5.74) is 4.06. The average Bonchev–Trinajstić information content (AvgIpc) is 2.85. The fourth-order valence-electron chi connectivity index (χ4n) is 2.16. The van der Waals surface area contributed by atoms with Gasteiger partial charge in [-0.3, -0.25) is 9.48 Å². The molecule has 1 N–H and O–H groups in total. The summed E-state index contributed by atoms with van der Waals surface area (Å²) in [4.78, 5) is 11.9. The van der Waals surface area contributed by atoms with Crippen LogP contribution in [0, 0.1) is 6.92 Å². The van der Waals surface area contributed by atoms with E-state index in [0.717, 1.165) is 29.9 Å². The monoisotopic (exact) mass is 283 g/mol. The lowest BCUT2D eigenvalue weighted by molar-refractivity contribution is -0.111. The van der Waals surface area contributed by atoms with E-state index in [-0.39, 0.29) is 5.91 Å². The van der Waals surface area contributed by atoms with Crippen LogP contribution in [-0.4, -0.2) is 15.7 Å². The second-order valence-electron chi connectivity index (χ2n) is 4.88. The van der Waals surface area contributed by atoms with Gasteiger partial charge in [-0.2, -0.15) is 5.10 Å². The van der Waals surface area contributed by atoms with Crippen molar-refractivity contribution in [2.24, 2.45) is 0 Å². The molecule has 0 aliphatic carbocycles. The van der Waals surface area contributed by atoms with Gasteiger partial charge in [-0.1, -0.05) is 19.1 Å². The lowest BCUT2D eigenvalue weighted by Crippen LogP contribution is -2.07. The van der Waals surface area contributed by atoms with Crippen LogP contribution in [0.1, 0.15) is 30.7 Å². The average molecular weight is 283 g/mol. The third kappa shape index (κ3) is 3.81. The number of carbonyl (C=O) groups excluding carboxylic acids is 1. The van der Waals surface area contributed by atoms with Crippen molar-refractivity contribution in [1.29, 1.82) is 0 Å². The second kappa shape index (κ2) is 6.88. The summed E-state index contributed by atoms with van der Waals surface area (Å²) >= 11 is 0.